The molecule has 0 spiro atoms. The highest BCUT2D eigenvalue weighted by molar-refractivity contribution is 5.93. The van der Waals surface area contributed by atoms with Gasteiger partial charge in [0, 0.05) is 17.7 Å². The molecule has 5 heteroatoms. The molecule has 0 radical (unpaired) electrons. The van der Waals surface area contributed by atoms with Crippen LogP contribution in [0.15, 0.2) is 12.1 Å². The fraction of sp³-hybridized carbons (Fsp3) is 0.533. The van der Waals surface area contributed by atoms with Gasteiger partial charge in [-0.3, -0.25) is 4.79 Å². The Morgan fingerprint density at radius 3 is 2.40 bits per heavy atom. The molecular weight excluding hydrogens is 256 g/mol. The SMILES string of the molecule is COc1cc(C)c(NC(=O)C(C)C2CNC2)cc1OC. The van der Waals surface area contributed by atoms with Crippen LogP contribution in [0.25, 0.3) is 0 Å². The number of carbonyl (C=O) groups is 1. The molecule has 110 valence electrons. The Labute approximate surface area is 119 Å². The Morgan fingerprint density at radius 2 is 1.90 bits per heavy atom. The van der Waals surface area contributed by atoms with Crippen molar-refractivity contribution in [1.82, 2.24) is 5.32 Å². The molecule has 1 aliphatic rings. The third-order valence-corrected chi connectivity index (χ3v) is 3.92. The van der Waals surface area contributed by atoms with Gasteiger partial charge >= 0.3 is 0 Å². The number of rotatable bonds is 5. The minimum absolute atomic E-state index is 0.00347. The molecule has 0 bridgehead atoms. The first-order valence-electron chi connectivity index (χ1n) is 6.81. The lowest BCUT2D eigenvalue weighted by Gasteiger charge is -2.31. The predicted octanol–water partition coefficient (Wildman–Crippen LogP) is 1.81. The number of ether oxygens (including phenoxy) is 2. The van der Waals surface area contributed by atoms with Crippen molar-refractivity contribution < 1.29 is 14.3 Å². The van der Waals surface area contributed by atoms with Crippen molar-refractivity contribution in [2.75, 3.05) is 32.6 Å². The second-order valence-electron chi connectivity index (χ2n) is 5.22. The molecule has 2 N–H and O–H groups in total. The average molecular weight is 278 g/mol. The first-order valence-corrected chi connectivity index (χ1v) is 6.81. The number of benzene rings is 1. The van der Waals surface area contributed by atoms with E-state index < -0.39 is 0 Å². The minimum atomic E-state index is 0.00347. The van der Waals surface area contributed by atoms with Gasteiger partial charge in [-0.25, -0.2) is 0 Å². The molecule has 5 nitrogen and oxygen atoms in total. The number of anilines is 1. The highest BCUT2D eigenvalue weighted by Gasteiger charge is 2.29. The maximum atomic E-state index is 12.2. The number of carbonyl (C=O) groups excluding carboxylic acids is 1. The summed E-state index contributed by atoms with van der Waals surface area (Å²) in [6.07, 6.45) is 0. The van der Waals surface area contributed by atoms with Crippen LogP contribution in [-0.2, 0) is 4.79 Å². The van der Waals surface area contributed by atoms with E-state index in [1.807, 2.05) is 19.9 Å². The number of aryl methyl sites for hydroxylation is 1. The smallest absolute Gasteiger partial charge is 0.227 e. The fourth-order valence-corrected chi connectivity index (χ4v) is 2.24. The third-order valence-electron chi connectivity index (χ3n) is 3.92. The van der Waals surface area contributed by atoms with Crippen molar-refractivity contribution in [2.24, 2.45) is 11.8 Å². The summed E-state index contributed by atoms with van der Waals surface area (Å²) in [6.45, 7) is 5.74. The van der Waals surface area contributed by atoms with E-state index in [1.165, 1.54) is 0 Å². The number of amides is 1. The second kappa shape index (κ2) is 6.13. The van der Waals surface area contributed by atoms with Crippen LogP contribution in [0.4, 0.5) is 5.69 Å². The third kappa shape index (κ3) is 2.88. The van der Waals surface area contributed by atoms with Gasteiger partial charge in [0.05, 0.1) is 14.2 Å². The summed E-state index contributed by atoms with van der Waals surface area (Å²) in [4.78, 5) is 12.2. The van der Waals surface area contributed by atoms with Crippen LogP contribution in [0.1, 0.15) is 12.5 Å². The molecule has 1 atom stereocenters. The van der Waals surface area contributed by atoms with Crippen molar-refractivity contribution in [3.05, 3.63) is 17.7 Å². The largest absolute Gasteiger partial charge is 0.493 e. The van der Waals surface area contributed by atoms with Crippen LogP contribution < -0.4 is 20.1 Å². The van der Waals surface area contributed by atoms with E-state index in [0.717, 1.165) is 24.3 Å². The summed E-state index contributed by atoms with van der Waals surface area (Å²) in [5.74, 6) is 1.76. The molecule has 1 aromatic carbocycles. The van der Waals surface area contributed by atoms with E-state index in [0.29, 0.717) is 17.4 Å². The highest BCUT2D eigenvalue weighted by Crippen LogP contribution is 2.33. The van der Waals surface area contributed by atoms with Crippen molar-refractivity contribution in [1.29, 1.82) is 0 Å². The van der Waals surface area contributed by atoms with E-state index in [-0.39, 0.29) is 11.8 Å². The Balaban J connectivity index is 2.13. The van der Waals surface area contributed by atoms with Crippen LogP contribution in [-0.4, -0.2) is 33.2 Å². The van der Waals surface area contributed by atoms with Crippen LogP contribution in [0, 0.1) is 18.8 Å². The molecule has 0 saturated carbocycles. The molecule has 0 aromatic heterocycles. The van der Waals surface area contributed by atoms with Gasteiger partial charge in [0.15, 0.2) is 11.5 Å². The molecular formula is C15H22N2O3. The summed E-state index contributed by atoms with van der Waals surface area (Å²) in [5.41, 5.74) is 1.72. The second-order valence-corrected chi connectivity index (χ2v) is 5.22. The first kappa shape index (κ1) is 14.7. The summed E-state index contributed by atoms with van der Waals surface area (Å²) in [5, 5.41) is 6.17. The highest BCUT2D eigenvalue weighted by atomic mass is 16.5. The molecule has 1 aromatic rings. The van der Waals surface area contributed by atoms with Crippen LogP contribution in [0.5, 0.6) is 11.5 Å². The van der Waals surface area contributed by atoms with Gasteiger partial charge in [0.2, 0.25) is 5.91 Å². The number of methoxy groups -OCH3 is 2. The molecule has 1 heterocycles. The lowest BCUT2D eigenvalue weighted by molar-refractivity contribution is -0.121. The van der Waals surface area contributed by atoms with Gasteiger partial charge in [0.1, 0.15) is 0 Å². The van der Waals surface area contributed by atoms with E-state index in [4.69, 9.17) is 9.47 Å². The lowest BCUT2D eigenvalue weighted by atomic mass is 9.88. The first-order chi connectivity index (χ1) is 9.56. The van der Waals surface area contributed by atoms with Crippen molar-refractivity contribution in [2.45, 2.75) is 13.8 Å². The van der Waals surface area contributed by atoms with E-state index >= 15 is 0 Å². The average Bonchev–Trinajstić information content (AvgIpc) is 2.38. The summed E-state index contributed by atoms with van der Waals surface area (Å²) >= 11 is 0. The standard InChI is InChI=1S/C15H22N2O3/c1-9-5-13(19-3)14(20-4)6-12(9)17-15(18)10(2)11-7-16-8-11/h5-6,10-11,16H,7-8H2,1-4H3,(H,17,18). The number of hydrogen-bond donors (Lipinski definition) is 2. The van der Waals surface area contributed by atoms with Gasteiger partial charge in [-0.15, -0.1) is 0 Å². The van der Waals surface area contributed by atoms with E-state index in [9.17, 15) is 4.79 Å². The summed E-state index contributed by atoms with van der Waals surface area (Å²) < 4.78 is 10.5. The van der Waals surface area contributed by atoms with E-state index in [2.05, 4.69) is 10.6 Å². The van der Waals surface area contributed by atoms with E-state index in [1.54, 1.807) is 20.3 Å². The van der Waals surface area contributed by atoms with Crippen molar-refractivity contribution >= 4 is 11.6 Å². The maximum absolute atomic E-state index is 12.2. The maximum Gasteiger partial charge on any atom is 0.227 e. The molecule has 1 fully saturated rings. The van der Waals surface area contributed by atoms with Crippen molar-refractivity contribution in [3.63, 3.8) is 0 Å². The fourth-order valence-electron chi connectivity index (χ4n) is 2.24. The predicted molar refractivity (Wildman–Crippen MR) is 78.4 cm³/mol. The molecule has 20 heavy (non-hydrogen) atoms. The van der Waals surface area contributed by atoms with Gasteiger partial charge in [0.25, 0.3) is 0 Å². The molecule has 1 amide bonds. The van der Waals surface area contributed by atoms with Gasteiger partial charge in [-0.1, -0.05) is 6.92 Å². The zero-order valence-electron chi connectivity index (χ0n) is 12.4. The van der Waals surface area contributed by atoms with Crippen molar-refractivity contribution in [3.8, 4) is 11.5 Å². The quantitative estimate of drug-likeness (QED) is 0.862. The molecule has 1 unspecified atom stereocenters. The number of hydrogen-bond acceptors (Lipinski definition) is 4. The Bertz CT molecular complexity index is 498. The Morgan fingerprint density at radius 1 is 1.30 bits per heavy atom. The molecule has 0 aliphatic carbocycles. The van der Waals surface area contributed by atoms with Crippen LogP contribution in [0.2, 0.25) is 0 Å². The zero-order valence-corrected chi connectivity index (χ0v) is 12.4. The van der Waals surface area contributed by atoms with Gasteiger partial charge in [-0.2, -0.15) is 0 Å². The summed E-state index contributed by atoms with van der Waals surface area (Å²) in [6, 6.07) is 3.67. The van der Waals surface area contributed by atoms with Crippen LogP contribution >= 0.6 is 0 Å². The molecule has 1 saturated heterocycles. The number of nitrogens with one attached hydrogen (secondary N) is 2. The summed E-state index contributed by atoms with van der Waals surface area (Å²) in [7, 11) is 3.18. The van der Waals surface area contributed by atoms with Gasteiger partial charge < -0.3 is 20.1 Å². The van der Waals surface area contributed by atoms with Crippen LogP contribution in [0.3, 0.4) is 0 Å². The lowest BCUT2D eigenvalue weighted by Crippen LogP contribution is -2.48. The molecule has 2 rings (SSSR count). The minimum Gasteiger partial charge on any atom is -0.493 e. The normalized spacial score (nSPS) is 16.2. The zero-order chi connectivity index (χ0) is 14.7. The molecule has 1 aliphatic heterocycles. The van der Waals surface area contributed by atoms with Gasteiger partial charge in [-0.05, 0) is 37.6 Å². The topological polar surface area (TPSA) is 59.6 Å². The Kier molecular flexibility index (Phi) is 4.49. The Hall–Kier alpha value is -1.75. The monoisotopic (exact) mass is 278 g/mol.